The molecule has 2 heterocycles. The molecule has 19 heavy (non-hydrogen) atoms. The molecule has 0 aliphatic heterocycles. The molecule has 2 aromatic rings. The van der Waals surface area contributed by atoms with Crippen LogP contribution in [-0.2, 0) is 6.54 Å². The first-order valence-corrected chi connectivity index (χ1v) is 5.40. The van der Waals surface area contributed by atoms with Gasteiger partial charge in [0, 0.05) is 6.20 Å². The highest BCUT2D eigenvalue weighted by Gasteiger charge is 2.19. The number of nitro groups is 1. The first-order chi connectivity index (χ1) is 8.97. The highest BCUT2D eigenvalue weighted by Crippen LogP contribution is 2.21. The number of aromatic nitrogens is 3. The Balaban J connectivity index is 2.19. The van der Waals surface area contributed by atoms with E-state index < -0.39 is 16.7 Å². The zero-order chi connectivity index (χ0) is 14.0. The smallest absolute Gasteiger partial charge is 0.408 e. The van der Waals surface area contributed by atoms with Gasteiger partial charge in [-0.25, -0.2) is 4.79 Å². The van der Waals surface area contributed by atoms with Crippen LogP contribution in [0.2, 0.25) is 5.02 Å². The van der Waals surface area contributed by atoms with Crippen molar-refractivity contribution in [2.45, 2.75) is 6.54 Å². The molecule has 8 nitrogen and oxygen atoms in total. The Labute approximate surface area is 111 Å². The van der Waals surface area contributed by atoms with Crippen molar-refractivity contribution in [3.63, 3.8) is 0 Å². The van der Waals surface area contributed by atoms with Crippen molar-refractivity contribution in [3.05, 3.63) is 50.9 Å². The van der Waals surface area contributed by atoms with E-state index in [0.717, 1.165) is 0 Å². The van der Waals surface area contributed by atoms with Gasteiger partial charge in [-0.15, -0.1) is 0 Å². The molecule has 0 fully saturated rings. The van der Waals surface area contributed by atoms with E-state index in [1.807, 2.05) is 0 Å². The summed E-state index contributed by atoms with van der Waals surface area (Å²) in [5.41, 5.74) is 0.576. The first kappa shape index (κ1) is 13.0. The van der Waals surface area contributed by atoms with Crippen molar-refractivity contribution in [1.29, 1.82) is 0 Å². The molecule has 0 saturated heterocycles. The van der Waals surface area contributed by atoms with E-state index in [4.69, 9.17) is 16.7 Å². The second kappa shape index (κ2) is 5.02. The molecule has 2 aromatic heterocycles. The molecule has 0 bridgehead atoms. The molecule has 0 spiro atoms. The van der Waals surface area contributed by atoms with Crippen LogP contribution in [0.4, 0.5) is 5.82 Å². The molecule has 98 valence electrons. The number of rotatable bonds is 4. The lowest BCUT2D eigenvalue weighted by molar-refractivity contribution is -0.389. The van der Waals surface area contributed by atoms with Gasteiger partial charge in [0.05, 0.1) is 22.6 Å². The maximum absolute atomic E-state index is 10.6. The van der Waals surface area contributed by atoms with E-state index in [0.29, 0.717) is 5.69 Å². The third kappa shape index (κ3) is 2.86. The Bertz CT molecular complexity index is 637. The third-order valence-electron chi connectivity index (χ3n) is 2.27. The summed E-state index contributed by atoms with van der Waals surface area (Å²) < 4.78 is 1.27. The number of aromatic carboxylic acids is 1. The predicted octanol–water partition coefficient (Wildman–Crippen LogP) is 1.59. The van der Waals surface area contributed by atoms with Crippen LogP contribution in [-0.4, -0.2) is 30.8 Å². The molecule has 0 aliphatic carbocycles. The highest BCUT2D eigenvalue weighted by atomic mass is 35.5. The average molecular weight is 283 g/mol. The molecule has 0 amide bonds. The van der Waals surface area contributed by atoms with Crippen LogP contribution in [0.3, 0.4) is 0 Å². The number of halogens is 1. The molecular weight excluding hydrogens is 276 g/mol. The van der Waals surface area contributed by atoms with Crippen molar-refractivity contribution >= 4 is 23.4 Å². The van der Waals surface area contributed by atoms with Gasteiger partial charge in [-0.2, -0.15) is 4.68 Å². The summed E-state index contributed by atoms with van der Waals surface area (Å²) in [6, 6.07) is 2.90. The molecule has 0 aromatic carbocycles. The normalized spacial score (nSPS) is 10.4. The van der Waals surface area contributed by atoms with Gasteiger partial charge in [-0.3, -0.25) is 4.98 Å². The van der Waals surface area contributed by atoms with Crippen LogP contribution in [0, 0.1) is 10.1 Å². The Morgan fingerprint density at radius 3 is 2.74 bits per heavy atom. The Morgan fingerprint density at radius 1 is 1.53 bits per heavy atom. The summed E-state index contributed by atoms with van der Waals surface area (Å²) in [4.78, 5) is 24.5. The van der Waals surface area contributed by atoms with Gasteiger partial charge in [0.15, 0.2) is 5.02 Å². The monoisotopic (exact) mass is 282 g/mol. The van der Waals surface area contributed by atoms with E-state index in [9.17, 15) is 14.9 Å². The van der Waals surface area contributed by atoms with Crippen LogP contribution in [0.5, 0.6) is 0 Å². The second-order valence-corrected chi connectivity index (χ2v) is 4.01. The Morgan fingerprint density at radius 2 is 2.26 bits per heavy atom. The number of carboxylic acids is 1. The minimum absolute atomic E-state index is 0.0628. The standard InChI is InChI=1S/C10H7ClN4O4/c11-8-5-14(13-9(8)15(18)19)4-7-2-1-6(3-12-7)10(16)17/h1-3,5H,4H2,(H,16,17). The quantitative estimate of drug-likeness (QED) is 0.673. The van der Waals surface area contributed by atoms with Gasteiger partial charge < -0.3 is 15.2 Å². The SMILES string of the molecule is O=C(O)c1ccc(Cn2cc(Cl)c([N+](=O)[O-])n2)nc1. The van der Waals surface area contributed by atoms with E-state index in [-0.39, 0.29) is 17.1 Å². The van der Waals surface area contributed by atoms with Crippen LogP contribution in [0.1, 0.15) is 16.1 Å². The van der Waals surface area contributed by atoms with Gasteiger partial charge in [-0.05, 0) is 17.1 Å². The van der Waals surface area contributed by atoms with Crippen LogP contribution < -0.4 is 0 Å². The summed E-state index contributed by atoms with van der Waals surface area (Å²) in [6.45, 7) is 0.160. The van der Waals surface area contributed by atoms with Crippen molar-refractivity contribution in [1.82, 2.24) is 14.8 Å². The molecule has 0 unspecified atom stereocenters. The van der Waals surface area contributed by atoms with Crippen LogP contribution in [0.25, 0.3) is 0 Å². The lowest BCUT2D eigenvalue weighted by atomic mass is 10.2. The Kier molecular flexibility index (Phi) is 3.43. The first-order valence-electron chi connectivity index (χ1n) is 5.03. The number of pyridine rings is 1. The van der Waals surface area contributed by atoms with Crippen LogP contribution in [0.15, 0.2) is 24.5 Å². The maximum atomic E-state index is 10.6. The molecule has 1 N–H and O–H groups in total. The largest absolute Gasteiger partial charge is 0.478 e. The average Bonchev–Trinajstić information content (AvgIpc) is 2.71. The molecule has 9 heteroatoms. The summed E-state index contributed by atoms with van der Waals surface area (Å²) in [5, 5.41) is 22.9. The zero-order valence-corrected chi connectivity index (χ0v) is 10.1. The lowest BCUT2D eigenvalue weighted by Crippen LogP contribution is -2.04. The second-order valence-electron chi connectivity index (χ2n) is 3.60. The lowest BCUT2D eigenvalue weighted by Gasteiger charge is -1.98. The van der Waals surface area contributed by atoms with Crippen molar-refractivity contribution in [2.75, 3.05) is 0 Å². The molecular formula is C10H7ClN4O4. The van der Waals surface area contributed by atoms with Crippen molar-refractivity contribution < 1.29 is 14.8 Å². The number of hydrogen-bond donors (Lipinski definition) is 1. The maximum Gasteiger partial charge on any atom is 0.408 e. The molecule has 2 rings (SSSR count). The van der Waals surface area contributed by atoms with E-state index in [1.54, 1.807) is 0 Å². The fourth-order valence-electron chi connectivity index (χ4n) is 1.40. The van der Waals surface area contributed by atoms with E-state index in [1.165, 1.54) is 29.2 Å². The molecule has 0 saturated carbocycles. The van der Waals surface area contributed by atoms with Gasteiger partial charge in [0.25, 0.3) is 0 Å². The van der Waals surface area contributed by atoms with Gasteiger partial charge in [0.2, 0.25) is 0 Å². The number of hydrogen-bond acceptors (Lipinski definition) is 5. The topological polar surface area (TPSA) is 111 Å². The van der Waals surface area contributed by atoms with Crippen LogP contribution >= 0.6 is 11.6 Å². The minimum Gasteiger partial charge on any atom is -0.478 e. The van der Waals surface area contributed by atoms with E-state index >= 15 is 0 Å². The fraction of sp³-hybridized carbons (Fsp3) is 0.100. The zero-order valence-electron chi connectivity index (χ0n) is 9.36. The van der Waals surface area contributed by atoms with Crippen molar-refractivity contribution in [3.8, 4) is 0 Å². The van der Waals surface area contributed by atoms with E-state index in [2.05, 4.69) is 10.1 Å². The molecule has 0 aliphatic rings. The summed E-state index contributed by atoms with van der Waals surface area (Å²) in [7, 11) is 0. The summed E-state index contributed by atoms with van der Waals surface area (Å²) in [5.74, 6) is -1.50. The molecule has 0 radical (unpaired) electrons. The van der Waals surface area contributed by atoms with Gasteiger partial charge >= 0.3 is 11.8 Å². The van der Waals surface area contributed by atoms with Gasteiger partial charge in [-0.1, -0.05) is 11.6 Å². The number of carbonyl (C=O) groups is 1. The highest BCUT2D eigenvalue weighted by molar-refractivity contribution is 6.32. The summed E-state index contributed by atoms with van der Waals surface area (Å²) in [6.07, 6.45) is 2.52. The minimum atomic E-state index is -1.07. The van der Waals surface area contributed by atoms with Crippen molar-refractivity contribution in [2.24, 2.45) is 0 Å². The fourth-order valence-corrected chi connectivity index (χ4v) is 1.62. The number of carboxylic acid groups (broad SMARTS) is 1. The molecule has 0 atom stereocenters. The Hall–Kier alpha value is -2.48. The third-order valence-corrected chi connectivity index (χ3v) is 2.53. The summed E-state index contributed by atoms with van der Waals surface area (Å²) >= 11 is 5.65. The van der Waals surface area contributed by atoms with Gasteiger partial charge in [0.1, 0.15) is 6.54 Å². The number of nitrogens with zero attached hydrogens (tertiary/aromatic N) is 4. The predicted molar refractivity (Wildman–Crippen MR) is 64.2 cm³/mol.